The second-order valence-corrected chi connectivity index (χ2v) is 5.41. The molecule has 5 nitrogen and oxygen atoms in total. The molecule has 3 N–H and O–H groups in total. The summed E-state index contributed by atoms with van der Waals surface area (Å²) >= 11 is 0. The first-order valence-corrected chi connectivity index (χ1v) is 7.36. The zero-order chi connectivity index (χ0) is 15.7. The van der Waals surface area contributed by atoms with Crippen LogP contribution in [0.1, 0.15) is 27.2 Å². The van der Waals surface area contributed by atoms with E-state index in [4.69, 9.17) is 15.2 Å². The number of guanidine groups is 1. The van der Waals surface area contributed by atoms with Gasteiger partial charge in [0.1, 0.15) is 6.10 Å². The highest BCUT2D eigenvalue weighted by Gasteiger charge is 2.08. The molecule has 0 aliphatic rings. The van der Waals surface area contributed by atoms with E-state index in [0.717, 1.165) is 18.7 Å². The number of para-hydroxylation sites is 2. The molecule has 0 saturated carbocycles. The summed E-state index contributed by atoms with van der Waals surface area (Å²) in [4.78, 5) is 4.29. The number of aliphatic imine (C=N–C) groups is 1. The second kappa shape index (κ2) is 9.10. The Labute approximate surface area is 127 Å². The van der Waals surface area contributed by atoms with E-state index in [1.165, 1.54) is 0 Å². The van der Waals surface area contributed by atoms with Crippen molar-refractivity contribution in [3.05, 3.63) is 24.3 Å². The summed E-state index contributed by atoms with van der Waals surface area (Å²) in [6.45, 7) is 7.65. The first-order valence-electron chi connectivity index (χ1n) is 7.36. The van der Waals surface area contributed by atoms with Crippen molar-refractivity contribution in [3.8, 4) is 11.5 Å². The molecule has 0 bridgehead atoms. The summed E-state index contributed by atoms with van der Waals surface area (Å²) in [6.07, 6.45) is 0.996. The number of hydrogen-bond acceptors (Lipinski definition) is 3. The molecule has 1 aromatic rings. The maximum Gasteiger partial charge on any atom is 0.188 e. The van der Waals surface area contributed by atoms with Gasteiger partial charge in [-0.1, -0.05) is 26.0 Å². The van der Waals surface area contributed by atoms with Gasteiger partial charge in [-0.2, -0.15) is 0 Å². The lowest BCUT2D eigenvalue weighted by Crippen LogP contribution is -2.34. The molecule has 0 heterocycles. The highest BCUT2D eigenvalue weighted by molar-refractivity contribution is 5.77. The zero-order valence-corrected chi connectivity index (χ0v) is 13.4. The van der Waals surface area contributed by atoms with Crippen LogP contribution >= 0.6 is 0 Å². The van der Waals surface area contributed by atoms with Crippen LogP contribution in [0.4, 0.5) is 0 Å². The van der Waals surface area contributed by atoms with Crippen LogP contribution in [0, 0.1) is 5.92 Å². The second-order valence-electron chi connectivity index (χ2n) is 5.41. The third-order valence-corrected chi connectivity index (χ3v) is 2.94. The van der Waals surface area contributed by atoms with E-state index in [9.17, 15) is 0 Å². The van der Waals surface area contributed by atoms with Crippen molar-refractivity contribution in [2.24, 2.45) is 16.6 Å². The standard InChI is InChI=1S/C16H27N3O2/c1-12(2)9-10-18-16(17)19-11-13(3)21-15-8-6-5-7-14(15)20-4/h5-8,12-13H,9-11H2,1-4H3,(H3,17,18,19). The smallest absolute Gasteiger partial charge is 0.188 e. The topological polar surface area (TPSA) is 68.9 Å². The molecule has 1 rings (SSSR count). The largest absolute Gasteiger partial charge is 0.493 e. The van der Waals surface area contributed by atoms with Crippen molar-refractivity contribution in [3.63, 3.8) is 0 Å². The van der Waals surface area contributed by atoms with Crippen molar-refractivity contribution in [1.82, 2.24) is 5.32 Å². The fourth-order valence-corrected chi connectivity index (χ4v) is 1.74. The van der Waals surface area contributed by atoms with E-state index in [1.54, 1.807) is 7.11 Å². The number of nitrogens with one attached hydrogen (secondary N) is 1. The van der Waals surface area contributed by atoms with Crippen LogP contribution in [0.3, 0.4) is 0 Å². The fourth-order valence-electron chi connectivity index (χ4n) is 1.74. The van der Waals surface area contributed by atoms with Crippen molar-refractivity contribution < 1.29 is 9.47 Å². The lowest BCUT2D eigenvalue weighted by atomic mass is 10.1. The Morgan fingerprint density at radius 2 is 1.90 bits per heavy atom. The molecule has 0 radical (unpaired) electrons. The van der Waals surface area contributed by atoms with Crippen LogP contribution in [-0.4, -0.2) is 32.3 Å². The van der Waals surface area contributed by atoms with Gasteiger partial charge in [-0.15, -0.1) is 0 Å². The normalized spacial score (nSPS) is 13.1. The first kappa shape index (κ1) is 17.1. The predicted octanol–water partition coefficient (Wildman–Crippen LogP) is 2.41. The molecule has 0 spiro atoms. The summed E-state index contributed by atoms with van der Waals surface area (Å²) in [7, 11) is 1.63. The number of methoxy groups -OCH3 is 1. The number of hydrogen-bond donors (Lipinski definition) is 2. The SMILES string of the molecule is COc1ccccc1OC(C)CN=C(N)NCCC(C)C. The molecule has 1 aromatic carbocycles. The highest BCUT2D eigenvalue weighted by Crippen LogP contribution is 2.26. The van der Waals surface area contributed by atoms with E-state index in [-0.39, 0.29) is 6.10 Å². The zero-order valence-electron chi connectivity index (χ0n) is 13.4. The molecule has 0 saturated heterocycles. The van der Waals surface area contributed by atoms with Gasteiger partial charge in [0.15, 0.2) is 17.5 Å². The molecule has 118 valence electrons. The molecule has 0 amide bonds. The van der Waals surface area contributed by atoms with Crippen LogP contribution in [0.15, 0.2) is 29.3 Å². The quantitative estimate of drug-likeness (QED) is 0.570. The van der Waals surface area contributed by atoms with Gasteiger partial charge < -0.3 is 20.5 Å². The highest BCUT2D eigenvalue weighted by atomic mass is 16.5. The van der Waals surface area contributed by atoms with Crippen LogP contribution in [0.25, 0.3) is 0 Å². The molecular formula is C16H27N3O2. The van der Waals surface area contributed by atoms with Crippen molar-refractivity contribution >= 4 is 5.96 Å². The average Bonchev–Trinajstić information content (AvgIpc) is 2.45. The van der Waals surface area contributed by atoms with Gasteiger partial charge >= 0.3 is 0 Å². The van der Waals surface area contributed by atoms with E-state index >= 15 is 0 Å². The van der Waals surface area contributed by atoms with Crippen LogP contribution in [-0.2, 0) is 0 Å². The Hall–Kier alpha value is -1.91. The number of nitrogens with two attached hydrogens (primary N) is 1. The molecule has 0 aliphatic carbocycles. The Balaban J connectivity index is 2.40. The number of benzene rings is 1. The molecule has 0 aliphatic heterocycles. The van der Waals surface area contributed by atoms with Gasteiger partial charge in [0, 0.05) is 6.54 Å². The molecular weight excluding hydrogens is 266 g/mol. The minimum absolute atomic E-state index is 0.0771. The molecule has 0 aromatic heterocycles. The van der Waals surface area contributed by atoms with Gasteiger partial charge in [0.25, 0.3) is 0 Å². The van der Waals surface area contributed by atoms with Gasteiger partial charge in [0.2, 0.25) is 0 Å². The summed E-state index contributed by atoms with van der Waals surface area (Å²) < 4.78 is 11.1. The Bertz CT molecular complexity index is 447. The lowest BCUT2D eigenvalue weighted by Gasteiger charge is -2.15. The third kappa shape index (κ3) is 6.88. The van der Waals surface area contributed by atoms with Gasteiger partial charge in [-0.05, 0) is 31.4 Å². The third-order valence-electron chi connectivity index (χ3n) is 2.94. The van der Waals surface area contributed by atoms with Gasteiger partial charge in [0.05, 0.1) is 13.7 Å². The molecule has 1 atom stereocenters. The summed E-state index contributed by atoms with van der Waals surface area (Å²) in [5.74, 6) is 2.55. The Kier molecular flexibility index (Phi) is 7.43. The first-order chi connectivity index (χ1) is 10.0. The number of rotatable bonds is 8. The maximum absolute atomic E-state index is 5.82. The summed E-state index contributed by atoms with van der Waals surface area (Å²) in [5.41, 5.74) is 5.82. The number of nitrogens with zero attached hydrogens (tertiary/aromatic N) is 1. The average molecular weight is 293 g/mol. The molecule has 1 unspecified atom stereocenters. The van der Waals surface area contributed by atoms with E-state index < -0.39 is 0 Å². The van der Waals surface area contributed by atoms with Crippen LogP contribution in [0.2, 0.25) is 0 Å². The summed E-state index contributed by atoms with van der Waals surface area (Å²) in [5, 5.41) is 3.10. The number of ether oxygens (including phenoxy) is 2. The maximum atomic E-state index is 5.82. The van der Waals surface area contributed by atoms with E-state index in [2.05, 4.69) is 24.2 Å². The van der Waals surface area contributed by atoms with E-state index in [0.29, 0.717) is 24.2 Å². The Morgan fingerprint density at radius 3 is 2.52 bits per heavy atom. The fraction of sp³-hybridized carbons (Fsp3) is 0.562. The lowest BCUT2D eigenvalue weighted by molar-refractivity contribution is 0.219. The predicted molar refractivity (Wildman–Crippen MR) is 87.0 cm³/mol. The van der Waals surface area contributed by atoms with Crippen LogP contribution < -0.4 is 20.5 Å². The molecule has 0 fully saturated rings. The van der Waals surface area contributed by atoms with Crippen molar-refractivity contribution in [2.45, 2.75) is 33.3 Å². The molecule has 5 heteroatoms. The minimum Gasteiger partial charge on any atom is -0.493 e. The Morgan fingerprint density at radius 1 is 1.24 bits per heavy atom. The monoisotopic (exact) mass is 293 g/mol. The molecule has 21 heavy (non-hydrogen) atoms. The van der Waals surface area contributed by atoms with Gasteiger partial charge in [-0.3, -0.25) is 0 Å². The van der Waals surface area contributed by atoms with Crippen molar-refractivity contribution in [1.29, 1.82) is 0 Å². The van der Waals surface area contributed by atoms with Crippen LogP contribution in [0.5, 0.6) is 11.5 Å². The van der Waals surface area contributed by atoms with Crippen molar-refractivity contribution in [2.75, 3.05) is 20.2 Å². The van der Waals surface area contributed by atoms with E-state index in [1.807, 2.05) is 31.2 Å². The van der Waals surface area contributed by atoms with Gasteiger partial charge in [-0.25, -0.2) is 4.99 Å². The minimum atomic E-state index is -0.0771. The summed E-state index contributed by atoms with van der Waals surface area (Å²) in [6, 6.07) is 7.57.